The molecule has 16 atom stereocenters. The molecule has 0 saturated carbocycles. The highest BCUT2D eigenvalue weighted by molar-refractivity contribution is 6.76. The van der Waals surface area contributed by atoms with Crippen LogP contribution in [-0.4, -0.2) is 185 Å². The Bertz CT molecular complexity index is 3310. The molecule has 0 radical (unpaired) electrons. The number of amides is 1. The molecule has 24 nitrogen and oxygen atoms in total. The Morgan fingerprint density at radius 2 is 1.04 bits per heavy atom. The van der Waals surface area contributed by atoms with Crippen molar-refractivity contribution in [2.45, 2.75) is 195 Å². The molecule has 0 unspecified atom stereocenters. The topological polar surface area (TPSA) is 282 Å². The van der Waals surface area contributed by atoms with Gasteiger partial charge < -0.3 is 86.2 Å². The molecule has 27 heteroatoms. The third-order valence-corrected chi connectivity index (χ3v) is 18.3. The van der Waals surface area contributed by atoms with E-state index in [-0.39, 0.29) is 46.2 Å². The number of aliphatic hydroxyl groups excluding tert-OH is 1. The lowest BCUT2D eigenvalue weighted by Crippen LogP contribution is -2.72. The van der Waals surface area contributed by atoms with E-state index in [1.165, 1.54) is 0 Å². The van der Waals surface area contributed by atoms with E-state index in [0.717, 1.165) is 63.1 Å². The Morgan fingerprint density at radius 3 is 1.49 bits per heavy atom. The Balaban J connectivity index is 1.32. The van der Waals surface area contributed by atoms with Crippen molar-refractivity contribution in [3.8, 4) is 0 Å². The zero-order valence-corrected chi connectivity index (χ0v) is 59.1. The fraction of sp³-hybridized carbons (Fsp3) is 0.500. The zero-order valence-electron chi connectivity index (χ0n) is 56.6. The van der Waals surface area contributed by atoms with Gasteiger partial charge in [0.05, 0.1) is 65.8 Å². The number of rotatable bonds is 35. The molecule has 2 N–H and O–H groups in total. The van der Waals surface area contributed by atoms with Gasteiger partial charge in [0, 0.05) is 42.4 Å². The minimum Gasteiger partial charge on any atom is -0.465 e. The summed E-state index contributed by atoms with van der Waals surface area (Å²) in [4.78, 5) is 79.6. The number of esters is 5. The van der Waals surface area contributed by atoms with Crippen LogP contribution in [0.4, 0.5) is 0 Å². The van der Waals surface area contributed by atoms with E-state index in [9.17, 15) is 29.1 Å². The van der Waals surface area contributed by atoms with Crippen LogP contribution in [0.25, 0.3) is 0 Å². The van der Waals surface area contributed by atoms with Crippen LogP contribution in [0.1, 0.15) is 61.9 Å². The van der Waals surface area contributed by atoms with Gasteiger partial charge in [0.25, 0.3) is 11.7 Å². The number of hydrogen-bond acceptors (Lipinski definition) is 23. The van der Waals surface area contributed by atoms with E-state index < -0.39 is 159 Å². The maximum Gasteiger partial charge on any atom is 0.366 e. The number of methoxy groups -OCH3 is 1. The molecular weight excluding hydrogens is 1350 g/mol. The maximum atomic E-state index is 15.3. The lowest BCUT2D eigenvalue weighted by atomic mass is 9.87. The van der Waals surface area contributed by atoms with Crippen molar-refractivity contribution >= 4 is 67.0 Å². The second-order valence-electron chi connectivity index (χ2n) is 25.3. The van der Waals surface area contributed by atoms with Crippen LogP contribution in [0.2, 0.25) is 25.7 Å². The van der Waals surface area contributed by atoms with Crippen LogP contribution in [0.5, 0.6) is 0 Å². The normalized spacial score (nSPS) is 26.1. The minimum atomic E-state index is -2.97. The van der Waals surface area contributed by atoms with Gasteiger partial charge >= 0.3 is 29.8 Å². The number of halogens is 2. The molecule has 99 heavy (non-hydrogen) atoms. The first-order valence-electron chi connectivity index (χ1n) is 32.6. The fourth-order valence-electron chi connectivity index (χ4n) is 11.5. The van der Waals surface area contributed by atoms with Crippen molar-refractivity contribution in [1.29, 1.82) is 0 Å². The van der Waals surface area contributed by atoms with Crippen LogP contribution in [0.15, 0.2) is 152 Å². The molecule has 3 fully saturated rings. The number of benzene rings is 5. The third kappa shape index (κ3) is 23.7. The summed E-state index contributed by atoms with van der Waals surface area (Å²) in [6.45, 7) is 9.76. The predicted octanol–water partition coefficient (Wildman–Crippen LogP) is 8.42. The quantitative estimate of drug-likeness (QED) is 0.0166. The molecular formula is C72H89Cl2NO23Si. The molecule has 0 aromatic heterocycles. The van der Waals surface area contributed by atoms with Gasteiger partial charge in [0.15, 0.2) is 29.6 Å². The van der Waals surface area contributed by atoms with E-state index in [1.807, 2.05) is 121 Å². The van der Waals surface area contributed by atoms with Crippen LogP contribution in [-0.2, 0) is 138 Å². The van der Waals surface area contributed by atoms with Gasteiger partial charge in [-0.2, -0.15) is 0 Å². The summed E-state index contributed by atoms with van der Waals surface area (Å²) in [6, 6.07) is 45.7. The van der Waals surface area contributed by atoms with Crippen molar-refractivity contribution < 1.29 is 110 Å². The standard InChI is InChI=1S/C72H89Cl2NO23Si/c1-45(76)87-44-57(92-47(3)78)60(93-48(4)79)62-58(75-68(81)67(73)74)54(91-46(2)77)36-72(97-62,71(82)83-5)98-63-59(80)55(42-84-37-49-24-14-9-15-25-49)94-70(65(63)89-40-52-30-20-12-21-31-52)96-61-56(43-85-38-50-26-16-10-17-27-50)95-69(86-34-35-99(6,7)8)66(90-41-53-32-22-13-23-33-53)64(61)88-39-51-28-18-11-19-29-51/h9-33,54-67,69-70,80H,34-44H2,1-8H3,(H,75,81)/t54-,55+,56+,57+,58+,59-,60+,61+,62+,63-,64-,65+,66+,69+,70-,72-/m0/s1. The largest absolute Gasteiger partial charge is 0.465 e. The van der Waals surface area contributed by atoms with Crippen LogP contribution >= 0.6 is 23.2 Å². The van der Waals surface area contributed by atoms with Gasteiger partial charge in [-0.3, -0.25) is 24.0 Å². The molecule has 3 aliphatic rings. The SMILES string of the molecule is COC(=O)[C@@]1(O[C@H]2[C@@H](O)[C@@H](COCc3ccccc3)O[C@@H](O[C@H]3[C@H](OCc4ccccc4)[C@@H](OCc4ccccc4)[C@H](OCC[Si](C)(C)C)O[C@@H]3COCc3ccccc3)[C@@H]2OCc2ccccc2)C[C@H](OC(C)=O)[C@@H](NC(=O)C(Cl)Cl)[C@H]([C@H](OC(C)=O)[C@@H](COC(C)=O)OC(C)=O)O1. The van der Waals surface area contributed by atoms with Gasteiger partial charge in [-0.1, -0.05) is 195 Å². The van der Waals surface area contributed by atoms with Gasteiger partial charge in [0.1, 0.15) is 67.6 Å². The highest BCUT2D eigenvalue weighted by Crippen LogP contribution is 2.43. The second kappa shape index (κ2) is 38.3. The number of hydrogen-bond donors (Lipinski definition) is 2. The average molecular weight is 1440 g/mol. The van der Waals surface area contributed by atoms with Gasteiger partial charge in [-0.15, -0.1) is 0 Å². The van der Waals surface area contributed by atoms with Crippen molar-refractivity contribution in [2.75, 3.05) is 33.5 Å². The first kappa shape index (κ1) is 78.0. The Hall–Kier alpha value is -6.76. The molecule has 5 aromatic carbocycles. The van der Waals surface area contributed by atoms with Crippen molar-refractivity contribution in [1.82, 2.24) is 5.32 Å². The summed E-state index contributed by atoms with van der Waals surface area (Å²) >= 11 is 12.3. The second-order valence-corrected chi connectivity index (χ2v) is 32.0. The molecule has 0 bridgehead atoms. The smallest absolute Gasteiger partial charge is 0.366 e. The molecule has 0 aliphatic carbocycles. The van der Waals surface area contributed by atoms with Crippen LogP contribution in [0, 0.1) is 0 Å². The molecule has 5 aromatic rings. The Kier molecular flexibility index (Phi) is 30.2. The summed E-state index contributed by atoms with van der Waals surface area (Å²) in [5.41, 5.74) is 3.85. The van der Waals surface area contributed by atoms with E-state index in [4.69, 9.17) is 99.0 Å². The van der Waals surface area contributed by atoms with E-state index in [2.05, 4.69) is 25.0 Å². The highest BCUT2D eigenvalue weighted by Gasteiger charge is 2.63. The molecule has 3 heterocycles. The molecule has 3 aliphatic heterocycles. The maximum absolute atomic E-state index is 15.3. The summed E-state index contributed by atoms with van der Waals surface area (Å²) in [6.07, 6.45) is -22.9. The van der Waals surface area contributed by atoms with E-state index in [1.54, 1.807) is 30.3 Å². The molecule has 1 amide bonds. The van der Waals surface area contributed by atoms with Gasteiger partial charge in [0.2, 0.25) is 0 Å². The van der Waals surface area contributed by atoms with E-state index in [0.29, 0.717) is 12.2 Å². The highest BCUT2D eigenvalue weighted by atomic mass is 35.5. The molecule has 8 rings (SSSR count). The Labute approximate surface area is 587 Å². The first-order valence-corrected chi connectivity index (χ1v) is 37.2. The summed E-state index contributed by atoms with van der Waals surface area (Å²) in [7, 11) is -0.733. The average Bonchev–Trinajstić information content (AvgIpc) is 0.747. The number of carbonyl (C=O) groups is 6. The lowest BCUT2D eigenvalue weighted by molar-refractivity contribution is -0.395. The molecule has 3 saturated heterocycles. The van der Waals surface area contributed by atoms with E-state index >= 15 is 4.79 Å². The van der Waals surface area contributed by atoms with Crippen molar-refractivity contribution in [2.24, 2.45) is 0 Å². The zero-order chi connectivity index (χ0) is 71.1. The van der Waals surface area contributed by atoms with Crippen LogP contribution in [0.3, 0.4) is 0 Å². The third-order valence-electron chi connectivity index (χ3n) is 16.2. The monoisotopic (exact) mass is 1430 g/mol. The van der Waals surface area contributed by atoms with Crippen LogP contribution < -0.4 is 5.32 Å². The summed E-state index contributed by atoms with van der Waals surface area (Å²) < 4.78 is 105. The number of aliphatic hydroxyl groups is 1. The van der Waals surface area contributed by atoms with Gasteiger partial charge in [-0.25, -0.2) is 4.79 Å². The summed E-state index contributed by atoms with van der Waals surface area (Å²) in [5, 5.41) is 15.8. The summed E-state index contributed by atoms with van der Waals surface area (Å²) in [5.74, 6) is -9.31. The van der Waals surface area contributed by atoms with Gasteiger partial charge in [-0.05, 0) is 33.9 Å². The molecule has 0 spiro atoms. The van der Waals surface area contributed by atoms with Crippen molar-refractivity contribution in [3.63, 3.8) is 0 Å². The fourth-order valence-corrected chi connectivity index (χ4v) is 12.4. The minimum absolute atomic E-state index is 0.0124. The lowest BCUT2D eigenvalue weighted by Gasteiger charge is -2.52. The number of nitrogens with one attached hydrogen (secondary N) is 1. The number of ether oxygens (including phenoxy) is 16. The molecule has 538 valence electrons. The first-order chi connectivity index (χ1) is 47.5. The predicted molar refractivity (Wildman–Crippen MR) is 359 cm³/mol. The Morgan fingerprint density at radius 1 is 0.576 bits per heavy atom. The van der Waals surface area contributed by atoms with Crippen molar-refractivity contribution in [3.05, 3.63) is 179 Å². The number of carbonyl (C=O) groups excluding carboxylic acids is 6. The number of alkyl halides is 2.